The number of halogens is 1. The van der Waals surface area contributed by atoms with Crippen LogP contribution < -0.4 is 5.73 Å². The molecule has 0 saturated carbocycles. The van der Waals surface area contributed by atoms with E-state index in [1.165, 1.54) is 6.07 Å². The minimum atomic E-state index is -0.136. The lowest BCUT2D eigenvalue weighted by Gasteiger charge is -2.41. The van der Waals surface area contributed by atoms with Gasteiger partial charge in [0, 0.05) is 24.2 Å². The molecule has 1 aromatic rings. The van der Waals surface area contributed by atoms with E-state index in [1.807, 2.05) is 19.2 Å². The summed E-state index contributed by atoms with van der Waals surface area (Å²) in [5, 5.41) is 0. The maximum absolute atomic E-state index is 13.7. The third kappa shape index (κ3) is 3.30. The van der Waals surface area contributed by atoms with Crippen LogP contribution in [-0.2, 0) is 6.54 Å². The van der Waals surface area contributed by atoms with Gasteiger partial charge in [-0.25, -0.2) is 4.39 Å². The summed E-state index contributed by atoms with van der Waals surface area (Å²) in [4.78, 5) is 2.20. The first-order valence-corrected chi connectivity index (χ1v) is 6.74. The average Bonchev–Trinajstić information content (AvgIpc) is 2.38. The summed E-state index contributed by atoms with van der Waals surface area (Å²) in [5.74, 6) is -0.136. The molecule has 102 valence electrons. The van der Waals surface area contributed by atoms with Crippen LogP contribution in [0.4, 0.5) is 4.39 Å². The molecule has 0 aliphatic carbocycles. The Morgan fingerprint density at radius 1 is 1.28 bits per heavy atom. The van der Waals surface area contributed by atoms with Gasteiger partial charge in [-0.3, -0.25) is 4.90 Å². The molecule has 0 aliphatic rings. The molecule has 0 spiro atoms. The Morgan fingerprint density at radius 2 is 1.94 bits per heavy atom. The summed E-state index contributed by atoms with van der Waals surface area (Å²) >= 11 is 0. The van der Waals surface area contributed by atoms with E-state index in [9.17, 15) is 4.39 Å². The molecule has 0 aromatic heterocycles. The number of hydrogen-bond donors (Lipinski definition) is 1. The molecule has 1 atom stereocenters. The second-order valence-electron chi connectivity index (χ2n) is 4.98. The molecule has 1 rings (SSSR count). The second-order valence-corrected chi connectivity index (χ2v) is 4.98. The lowest BCUT2D eigenvalue weighted by atomic mass is 9.88. The molecule has 0 amide bonds. The van der Waals surface area contributed by atoms with Crippen LogP contribution in [0.15, 0.2) is 24.3 Å². The molecule has 0 saturated heterocycles. The number of nitrogens with zero attached hydrogens (tertiary/aromatic N) is 1. The molecule has 0 bridgehead atoms. The predicted octanol–water partition coefficient (Wildman–Crippen LogP) is 3.17. The fourth-order valence-electron chi connectivity index (χ4n) is 2.55. The first-order valence-electron chi connectivity index (χ1n) is 6.74. The molecule has 0 aliphatic heterocycles. The number of nitrogens with two attached hydrogens (primary N) is 1. The first-order chi connectivity index (χ1) is 8.59. The molecule has 1 unspecified atom stereocenters. The standard InChI is InChI=1S/C15H25FN2/c1-4-10-15(5-2,12-17)18(3)11-13-8-6-7-9-14(13)16/h6-9H,4-5,10-12,17H2,1-3H3. The summed E-state index contributed by atoms with van der Waals surface area (Å²) < 4.78 is 13.7. The van der Waals surface area contributed by atoms with E-state index in [4.69, 9.17) is 5.73 Å². The van der Waals surface area contributed by atoms with Gasteiger partial charge in [0.1, 0.15) is 5.82 Å². The van der Waals surface area contributed by atoms with Crippen molar-refractivity contribution in [3.63, 3.8) is 0 Å². The molecule has 1 aromatic carbocycles. The molecule has 2 nitrogen and oxygen atoms in total. The molecular formula is C15H25FN2. The van der Waals surface area contributed by atoms with Gasteiger partial charge in [-0.1, -0.05) is 38.5 Å². The number of hydrogen-bond acceptors (Lipinski definition) is 2. The fourth-order valence-corrected chi connectivity index (χ4v) is 2.55. The van der Waals surface area contributed by atoms with Crippen molar-refractivity contribution in [1.29, 1.82) is 0 Å². The van der Waals surface area contributed by atoms with E-state index in [1.54, 1.807) is 6.07 Å². The SMILES string of the molecule is CCCC(CC)(CN)N(C)Cc1ccccc1F. The Bertz CT molecular complexity index is 361. The number of likely N-dealkylation sites (N-methyl/N-ethyl adjacent to an activating group) is 1. The zero-order chi connectivity index (χ0) is 13.6. The molecule has 18 heavy (non-hydrogen) atoms. The number of rotatable bonds is 7. The van der Waals surface area contributed by atoms with Gasteiger partial charge < -0.3 is 5.73 Å². The van der Waals surface area contributed by atoms with Gasteiger partial charge in [0.25, 0.3) is 0 Å². The lowest BCUT2D eigenvalue weighted by Crippen LogP contribution is -2.51. The summed E-state index contributed by atoms with van der Waals surface area (Å²) in [7, 11) is 2.04. The Hall–Kier alpha value is -0.930. The molecular weight excluding hydrogens is 227 g/mol. The summed E-state index contributed by atoms with van der Waals surface area (Å²) in [6, 6.07) is 6.96. The third-order valence-corrected chi connectivity index (χ3v) is 3.93. The first kappa shape index (κ1) is 15.1. The molecule has 0 heterocycles. The largest absolute Gasteiger partial charge is 0.329 e. The third-order valence-electron chi connectivity index (χ3n) is 3.93. The Kier molecular flexibility index (Phi) is 5.76. The van der Waals surface area contributed by atoms with Gasteiger partial charge in [0.2, 0.25) is 0 Å². The van der Waals surface area contributed by atoms with Crippen LogP contribution in [0.2, 0.25) is 0 Å². The molecule has 0 radical (unpaired) electrons. The van der Waals surface area contributed by atoms with Crippen molar-refractivity contribution in [2.24, 2.45) is 5.73 Å². The van der Waals surface area contributed by atoms with E-state index >= 15 is 0 Å². The average molecular weight is 252 g/mol. The summed E-state index contributed by atoms with van der Waals surface area (Å²) in [5.41, 5.74) is 6.68. The molecule has 3 heteroatoms. The van der Waals surface area contributed by atoms with Crippen LogP contribution >= 0.6 is 0 Å². The van der Waals surface area contributed by atoms with Crippen LogP contribution in [-0.4, -0.2) is 24.0 Å². The van der Waals surface area contributed by atoms with Crippen molar-refractivity contribution in [3.8, 4) is 0 Å². The van der Waals surface area contributed by atoms with E-state index in [2.05, 4.69) is 18.7 Å². The highest BCUT2D eigenvalue weighted by atomic mass is 19.1. The predicted molar refractivity (Wildman–Crippen MR) is 74.9 cm³/mol. The van der Waals surface area contributed by atoms with Crippen LogP contribution in [0, 0.1) is 5.82 Å². The molecule has 0 fully saturated rings. The van der Waals surface area contributed by atoms with Crippen LogP contribution in [0.5, 0.6) is 0 Å². The minimum Gasteiger partial charge on any atom is -0.329 e. The van der Waals surface area contributed by atoms with E-state index < -0.39 is 0 Å². The van der Waals surface area contributed by atoms with E-state index in [-0.39, 0.29) is 11.4 Å². The fraction of sp³-hybridized carbons (Fsp3) is 0.600. The van der Waals surface area contributed by atoms with Gasteiger partial charge in [0.15, 0.2) is 0 Å². The van der Waals surface area contributed by atoms with E-state index in [0.717, 1.165) is 24.8 Å². The maximum Gasteiger partial charge on any atom is 0.127 e. The smallest absolute Gasteiger partial charge is 0.127 e. The Balaban J connectivity index is 2.85. The van der Waals surface area contributed by atoms with Crippen molar-refractivity contribution < 1.29 is 4.39 Å². The Morgan fingerprint density at radius 3 is 2.44 bits per heavy atom. The summed E-state index contributed by atoms with van der Waals surface area (Å²) in [6.07, 6.45) is 3.12. The monoisotopic (exact) mass is 252 g/mol. The van der Waals surface area contributed by atoms with Crippen molar-refractivity contribution in [2.45, 2.75) is 45.2 Å². The highest BCUT2D eigenvalue weighted by molar-refractivity contribution is 5.17. The van der Waals surface area contributed by atoms with Crippen LogP contribution in [0.25, 0.3) is 0 Å². The highest BCUT2D eigenvalue weighted by Crippen LogP contribution is 2.25. The second kappa shape index (κ2) is 6.86. The van der Waals surface area contributed by atoms with Gasteiger partial charge in [-0.2, -0.15) is 0 Å². The quantitative estimate of drug-likeness (QED) is 0.807. The van der Waals surface area contributed by atoms with Crippen molar-refractivity contribution in [2.75, 3.05) is 13.6 Å². The lowest BCUT2D eigenvalue weighted by molar-refractivity contribution is 0.100. The van der Waals surface area contributed by atoms with Gasteiger partial charge in [-0.05, 0) is 26.0 Å². The number of benzene rings is 1. The van der Waals surface area contributed by atoms with Gasteiger partial charge in [-0.15, -0.1) is 0 Å². The van der Waals surface area contributed by atoms with Crippen molar-refractivity contribution in [1.82, 2.24) is 4.90 Å². The minimum absolute atomic E-state index is 0.0168. The van der Waals surface area contributed by atoms with Crippen LogP contribution in [0.1, 0.15) is 38.7 Å². The van der Waals surface area contributed by atoms with Gasteiger partial charge >= 0.3 is 0 Å². The highest BCUT2D eigenvalue weighted by Gasteiger charge is 2.30. The van der Waals surface area contributed by atoms with Gasteiger partial charge in [0.05, 0.1) is 0 Å². The summed E-state index contributed by atoms with van der Waals surface area (Å²) in [6.45, 7) is 5.54. The van der Waals surface area contributed by atoms with E-state index in [0.29, 0.717) is 13.1 Å². The van der Waals surface area contributed by atoms with Crippen molar-refractivity contribution in [3.05, 3.63) is 35.6 Å². The zero-order valence-electron chi connectivity index (χ0n) is 11.7. The van der Waals surface area contributed by atoms with Crippen LogP contribution in [0.3, 0.4) is 0 Å². The van der Waals surface area contributed by atoms with Crippen molar-refractivity contribution >= 4 is 0 Å². The maximum atomic E-state index is 13.7. The Labute approximate surface area is 110 Å². The zero-order valence-corrected chi connectivity index (χ0v) is 11.7. The molecule has 2 N–H and O–H groups in total. The topological polar surface area (TPSA) is 29.3 Å². The normalized spacial score (nSPS) is 14.8.